The Kier molecular flexibility index (Phi) is 11.8. The molecule has 0 aliphatic heterocycles. The van der Waals surface area contributed by atoms with Crippen molar-refractivity contribution in [3.05, 3.63) is 135 Å². The lowest BCUT2D eigenvalue weighted by atomic mass is 10.3. The summed E-state index contributed by atoms with van der Waals surface area (Å²) in [6, 6.07) is 14.8. The monoisotopic (exact) mass is 881 g/mol. The zero-order chi connectivity index (χ0) is 39.0. The third-order valence-electron chi connectivity index (χ3n) is 6.94. The summed E-state index contributed by atoms with van der Waals surface area (Å²) in [5.41, 5.74) is -1.11. The number of rotatable bonds is 12. The zero-order valence-corrected chi connectivity index (χ0v) is 32.2. The molecule has 0 fully saturated rings. The molecule has 0 unspecified atom stereocenters. The predicted molar refractivity (Wildman–Crippen MR) is 199 cm³/mol. The fourth-order valence-corrected chi connectivity index (χ4v) is 9.89. The standard InChI is InChI=1S/C31H17Cl6N3O11S2/c1-49-27-6-4-18(12-21(27)32)40(52(45,46)19-5-9-29(24(35)13-19)50-28-7-2-16(38(41)42)10-22(28)33)53(47,48)20-14-25(36)31(26(37)15-20)51-30-8-3-17(39(43)44)11-23(30)34/h2-15H,1H3. The van der Waals surface area contributed by atoms with E-state index in [2.05, 4.69) is 0 Å². The molecular formula is C31H17Cl6N3O11S2. The number of hydrogen-bond donors (Lipinski definition) is 0. The highest BCUT2D eigenvalue weighted by Crippen LogP contribution is 2.44. The van der Waals surface area contributed by atoms with Gasteiger partial charge >= 0.3 is 0 Å². The van der Waals surface area contributed by atoms with Crippen LogP contribution in [-0.4, -0.2) is 33.8 Å². The number of sulfonamides is 2. The summed E-state index contributed by atoms with van der Waals surface area (Å²) < 4.78 is 73.9. The van der Waals surface area contributed by atoms with E-state index in [4.69, 9.17) is 83.8 Å². The van der Waals surface area contributed by atoms with Crippen LogP contribution in [0.2, 0.25) is 30.1 Å². The van der Waals surface area contributed by atoms with Crippen LogP contribution in [0.1, 0.15) is 0 Å². The molecule has 0 saturated carbocycles. The van der Waals surface area contributed by atoms with E-state index in [9.17, 15) is 37.1 Å². The molecule has 0 N–H and O–H groups in total. The highest BCUT2D eigenvalue weighted by Gasteiger charge is 2.39. The number of nitro groups is 2. The quantitative estimate of drug-likeness (QED) is 0.0857. The highest BCUT2D eigenvalue weighted by molar-refractivity contribution is 8.10. The van der Waals surface area contributed by atoms with E-state index in [1.165, 1.54) is 25.3 Å². The van der Waals surface area contributed by atoms with Gasteiger partial charge in [-0.3, -0.25) is 20.2 Å². The molecule has 0 bridgehead atoms. The fourth-order valence-electron chi connectivity index (χ4n) is 4.48. The number of non-ortho nitro benzene ring substituents is 2. The Morgan fingerprint density at radius 3 is 1.40 bits per heavy atom. The third kappa shape index (κ3) is 8.29. The van der Waals surface area contributed by atoms with E-state index in [0.717, 1.165) is 66.7 Å². The molecule has 0 heterocycles. The van der Waals surface area contributed by atoms with Crippen molar-refractivity contribution in [3.8, 4) is 28.7 Å². The number of benzene rings is 5. The minimum absolute atomic E-state index is 0.0520. The molecule has 5 aromatic rings. The summed E-state index contributed by atoms with van der Waals surface area (Å²) in [6.45, 7) is 0. The Bertz CT molecular complexity index is 2520. The molecule has 0 saturated heterocycles. The van der Waals surface area contributed by atoms with Crippen LogP contribution in [0.4, 0.5) is 17.1 Å². The van der Waals surface area contributed by atoms with E-state index >= 15 is 0 Å². The van der Waals surface area contributed by atoms with Gasteiger partial charge in [-0.2, -0.15) is 3.71 Å². The molecule has 0 spiro atoms. The van der Waals surface area contributed by atoms with Crippen LogP contribution < -0.4 is 17.9 Å². The SMILES string of the molecule is COc1ccc(N(S(=O)(=O)c2ccc(Oc3ccc([N+](=O)[O-])cc3Cl)c(Cl)c2)S(=O)(=O)c2cc(Cl)c(Oc3ccc([N+](=O)[O-])cc3Cl)c(Cl)c2)cc1Cl. The average molecular weight is 884 g/mol. The van der Waals surface area contributed by atoms with Gasteiger partial charge in [-0.25, -0.2) is 16.8 Å². The first-order chi connectivity index (χ1) is 24.8. The molecule has 0 amide bonds. The highest BCUT2D eigenvalue weighted by atomic mass is 35.5. The van der Waals surface area contributed by atoms with Crippen LogP contribution in [0, 0.1) is 20.2 Å². The number of methoxy groups -OCH3 is 1. The van der Waals surface area contributed by atoms with Gasteiger partial charge in [-0.1, -0.05) is 69.6 Å². The van der Waals surface area contributed by atoms with Gasteiger partial charge in [0.2, 0.25) is 0 Å². The van der Waals surface area contributed by atoms with Gasteiger partial charge in [0, 0.05) is 24.3 Å². The molecule has 0 aromatic heterocycles. The summed E-state index contributed by atoms with van der Waals surface area (Å²) in [6.07, 6.45) is 0. The number of anilines is 1. The fraction of sp³-hybridized carbons (Fsp3) is 0.0323. The van der Waals surface area contributed by atoms with Gasteiger partial charge in [-0.15, -0.1) is 0 Å². The van der Waals surface area contributed by atoms with Crippen LogP contribution in [0.15, 0.2) is 94.7 Å². The van der Waals surface area contributed by atoms with Crippen LogP contribution in [0.3, 0.4) is 0 Å². The van der Waals surface area contributed by atoms with Crippen molar-refractivity contribution in [2.45, 2.75) is 9.79 Å². The van der Waals surface area contributed by atoms with Crippen molar-refractivity contribution >= 4 is 107 Å². The van der Waals surface area contributed by atoms with Crippen molar-refractivity contribution in [2.24, 2.45) is 0 Å². The Balaban J connectivity index is 1.58. The summed E-state index contributed by atoms with van der Waals surface area (Å²) in [7, 11) is -9.00. The zero-order valence-electron chi connectivity index (χ0n) is 26.0. The normalized spacial score (nSPS) is 11.5. The van der Waals surface area contributed by atoms with Crippen molar-refractivity contribution in [3.63, 3.8) is 0 Å². The second kappa shape index (κ2) is 15.6. The van der Waals surface area contributed by atoms with Gasteiger partial charge < -0.3 is 14.2 Å². The van der Waals surface area contributed by atoms with Crippen LogP contribution in [0.25, 0.3) is 0 Å². The molecule has 53 heavy (non-hydrogen) atoms. The van der Waals surface area contributed by atoms with E-state index in [1.54, 1.807) is 0 Å². The number of nitrogens with zero attached hydrogens (tertiary/aromatic N) is 3. The van der Waals surface area contributed by atoms with Crippen molar-refractivity contribution < 1.29 is 40.9 Å². The van der Waals surface area contributed by atoms with Gasteiger partial charge in [-0.05, 0) is 60.7 Å². The van der Waals surface area contributed by atoms with E-state index in [0.29, 0.717) is 0 Å². The maximum absolute atomic E-state index is 14.4. The van der Waals surface area contributed by atoms with Gasteiger partial charge in [0.05, 0.1) is 62.6 Å². The number of hydrogen-bond acceptors (Lipinski definition) is 11. The Morgan fingerprint density at radius 2 is 0.943 bits per heavy atom. The molecule has 0 radical (unpaired) electrons. The van der Waals surface area contributed by atoms with Crippen LogP contribution >= 0.6 is 69.6 Å². The first-order valence-corrected chi connectivity index (χ1v) is 19.2. The summed E-state index contributed by atoms with van der Waals surface area (Å²) in [5.74, 6) is -0.513. The number of halogens is 6. The predicted octanol–water partition coefficient (Wildman–Crippen LogP) is 10.6. The topological polar surface area (TPSA) is 185 Å². The molecular weight excluding hydrogens is 867 g/mol. The Morgan fingerprint density at radius 1 is 0.528 bits per heavy atom. The summed E-state index contributed by atoms with van der Waals surface area (Å²) in [5, 5.41) is 20.5. The number of ether oxygens (including phenoxy) is 3. The maximum Gasteiger partial charge on any atom is 0.277 e. The lowest BCUT2D eigenvalue weighted by Crippen LogP contribution is -2.37. The summed E-state index contributed by atoms with van der Waals surface area (Å²) in [4.78, 5) is 19.4. The Hall–Kier alpha value is -4.26. The first kappa shape index (κ1) is 39.9. The average Bonchev–Trinajstić information content (AvgIpc) is 3.08. The molecule has 5 aromatic carbocycles. The lowest BCUT2D eigenvalue weighted by Gasteiger charge is -2.25. The second-order valence-corrected chi connectivity index (χ2v) is 16.5. The van der Waals surface area contributed by atoms with E-state index < -0.39 is 55.4 Å². The molecule has 5 rings (SSSR count). The molecule has 14 nitrogen and oxygen atoms in total. The minimum Gasteiger partial charge on any atom is -0.495 e. The maximum atomic E-state index is 14.4. The minimum atomic E-state index is -5.17. The van der Waals surface area contributed by atoms with E-state index in [1.807, 2.05) is 0 Å². The third-order valence-corrected chi connectivity index (χ3v) is 12.8. The van der Waals surface area contributed by atoms with Crippen molar-refractivity contribution in [2.75, 3.05) is 10.8 Å². The van der Waals surface area contributed by atoms with Crippen LogP contribution in [0.5, 0.6) is 28.7 Å². The summed E-state index contributed by atoms with van der Waals surface area (Å²) >= 11 is 37.7. The van der Waals surface area contributed by atoms with Gasteiger partial charge in [0.15, 0.2) is 5.75 Å². The Labute approximate surface area is 330 Å². The van der Waals surface area contributed by atoms with Gasteiger partial charge in [0.25, 0.3) is 31.4 Å². The van der Waals surface area contributed by atoms with Crippen molar-refractivity contribution in [1.82, 2.24) is 0 Å². The van der Waals surface area contributed by atoms with Crippen LogP contribution in [-0.2, 0) is 20.0 Å². The van der Waals surface area contributed by atoms with E-state index in [-0.39, 0.29) is 63.9 Å². The molecule has 0 atom stereocenters. The smallest absolute Gasteiger partial charge is 0.277 e. The van der Waals surface area contributed by atoms with Gasteiger partial charge in [0.1, 0.15) is 23.0 Å². The lowest BCUT2D eigenvalue weighted by molar-refractivity contribution is -0.385. The molecule has 22 heteroatoms. The number of nitro benzene ring substituents is 2. The second-order valence-electron chi connectivity index (χ2n) is 10.3. The first-order valence-electron chi connectivity index (χ1n) is 14.0. The molecule has 0 aliphatic carbocycles. The van der Waals surface area contributed by atoms with Crippen molar-refractivity contribution in [1.29, 1.82) is 0 Å². The largest absolute Gasteiger partial charge is 0.495 e. The molecule has 0 aliphatic rings. The molecule has 276 valence electrons.